The molecular formula is C23H37N5O5. The molecule has 1 aromatic heterocycles. The molecule has 10 nitrogen and oxygen atoms in total. The molecule has 1 saturated heterocycles. The zero-order valence-electron chi connectivity index (χ0n) is 20.0. The molecule has 2 atom stereocenters. The molecule has 1 aromatic rings. The Bertz CT molecular complexity index is 858. The first-order valence-electron chi connectivity index (χ1n) is 11.4. The summed E-state index contributed by atoms with van der Waals surface area (Å²) < 4.78 is 11.0. The molecule has 2 heterocycles. The number of carboxylic acids is 1. The van der Waals surface area contributed by atoms with Crippen LogP contribution in [-0.4, -0.2) is 72.0 Å². The highest BCUT2D eigenvalue weighted by Crippen LogP contribution is 2.33. The number of amides is 1. The minimum Gasteiger partial charge on any atom is -0.481 e. The van der Waals surface area contributed by atoms with E-state index in [9.17, 15) is 9.59 Å². The second-order valence-electron chi connectivity index (χ2n) is 8.35. The van der Waals surface area contributed by atoms with Crippen LogP contribution in [0.4, 0.5) is 4.79 Å². The van der Waals surface area contributed by atoms with Crippen molar-refractivity contribution in [2.24, 2.45) is 11.6 Å². The van der Waals surface area contributed by atoms with Crippen LogP contribution < -0.4 is 11.6 Å². The fourth-order valence-corrected chi connectivity index (χ4v) is 4.00. The summed E-state index contributed by atoms with van der Waals surface area (Å²) in [4.78, 5) is 29.5. The Morgan fingerprint density at radius 1 is 1.30 bits per heavy atom. The van der Waals surface area contributed by atoms with E-state index in [1.165, 1.54) is 9.91 Å². The first-order chi connectivity index (χ1) is 15.7. The number of nitrogens with two attached hydrogens (primary N) is 2. The van der Waals surface area contributed by atoms with Gasteiger partial charge in [-0.05, 0) is 43.2 Å². The number of pyridine rings is 1. The molecule has 184 valence electrons. The maximum atomic E-state index is 12.2. The van der Waals surface area contributed by atoms with Crippen LogP contribution in [0.1, 0.15) is 62.4 Å². The van der Waals surface area contributed by atoms with Gasteiger partial charge in [0, 0.05) is 32.9 Å². The molecule has 5 N–H and O–H groups in total. The van der Waals surface area contributed by atoms with Gasteiger partial charge in [-0.3, -0.25) is 9.78 Å². The lowest BCUT2D eigenvalue weighted by molar-refractivity contribution is -0.141. The van der Waals surface area contributed by atoms with E-state index in [1.54, 1.807) is 14.1 Å². The average Bonchev–Trinajstić information content (AvgIpc) is 2.78. The van der Waals surface area contributed by atoms with Gasteiger partial charge in [0.25, 0.3) is 0 Å². The van der Waals surface area contributed by atoms with Gasteiger partial charge in [0.05, 0.1) is 29.6 Å². The van der Waals surface area contributed by atoms with Gasteiger partial charge in [-0.2, -0.15) is 0 Å². The minimum absolute atomic E-state index is 0.00246. The third kappa shape index (κ3) is 7.33. The first-order valence-corrected chi connectivity index (χ1v) is 11.4. The molecule has 1 aliphatic heterocycles. The van der Waals surface area contributed by atoms with Crippen LogP contribution in [0, 0.1) is 0 Å². The second-order valence-corrected chi connectivity index (χ2v) is 8.35. The van der Waals surface area contributed by atoms with Crippen LogP contribution in [0.5, 0.6) is 0 Å². The zero-order chi connectivity index (χ0) is 24.5. The summed E-state index contributed by atoms with van der Waals surface area (Å²) in [6.07, 6.45) is 2.23. The van der Waals surface area contributed by atoms with E-state index in [0.717, 1.165) is 24.1 Å². The van der Waals surface area contributed by atoms with Gasteiger partial charge < -0.3 is 30.2 Å². The molecule has 0 spiro atoms. The Morgan fingerprint density at radius 3 is 2.64 bits per heavy atom. The van der Waals surface area contributed by atoms with E-state index in [-0.39, 0.29) is 25.0 Å². The molecule has 33 heavy (non-hydrogen) atoms. The Kier molecular flexibility index (Phi) is 9.93. The van der Waals surface area contributed by atoms with Crippen molar-refractivity contribution in [2.45, 2.75) is 58.0 Å². The molecule has 10 heteroatoms. The van der Waals surface area contributed by atoms with Gasteiger partial charge in [0.15, 0.2) is 0 Å². The lowest BCUT2D eigenvalue weighted by Crippen LogP contribution is -2.34. The Morgan fingerprint density at radius 2 is 2.03 bits per heavy atom. The minimum atomic E-state index is -0.859. The van der Waals surface area contributed by atoms with E-state index in [4.69, 9.17) is 31.1 Å². The Balaban J connectivity index is 2.24. The monoisotopic (exact) mass is 463 g/mol. The highest BCUT2D eigenvalue weighted by molar-refractivity contribution is 5.69. The molecular weight excluding hydrogens is 426 g/mol. The fourth-order valence-electron chi connectivity index (χ4n) is 4.00. The van der Waals surface area contributed by atoms with Crippen molar-refractivity contribution in [1.29, 1.82) is 0 Å². The van der Waals surface area contributed by atoms with Gasteiger partial charge in [0.2, 0.25) is 0 Å². The quantitative estimate of drug-likeness (QED) is 0.351. The van der Waals surface area contributed by atoms with Crippen LogP contribution >= 0.6 is 0 Å². The number of nitrogens with zero attached hydrogens (tertiary/aromatic N) is 3. The first kappa shape index (κ1) is 26.4. The fraction of sp³-hybridized carbons (Fsp3) is 0.609. The average molecular weight is 464 g/mol. The van der Waals surface area contributed by atoms with E-state index in [1.807, 2.05) is 26.0 Å². The number of aromatic nitrogens is 1. The van der Waals surface area contributed by atoms with Crippen molar-refractivity contribution in [3.63, 3.8) is 0 Å². The van der Waals surface area contributed by atoms with Crippen molar-refractivity contribution >= 4 is 17.8 Å². The predicted octanol–water partition coefficient (Wildman–Crippen LogP) is 2.29. The van der Waals surface area contributed by atoms with Gasteiger partial charge >= 0.3 is 12.1 Å². The summed E-state index contributed by atoms with van der Waals surface area (Å²) in [5.74, 6) is 5.29. The maximum absolute atomic E-state index is 12.2. The molecule has 2 unspecified atom stereocenters. The second kappa shape index (κ2) is 12.4. The third-order valence-electron chi connectivity index (χ3n) is 5.77. The number of hydrogen-bond acceptors (Lipinski definition) is 8. The maximum Gasteiger partial charge on any atom is 0.409 e. The number of likely N-dealkylation sites (N-methyl/N-ethyl adjacent to an activating group) is 1. The summed E-state index contributed by atoms with van der Waals surface area (Å²) >= 11 is 0. The lowest BCUT2D eigenvalue weighted by Gasteiger charge is -2.30. The summed E-state index contributed by atoms with van der Waals surface area (Å²) in [6, 6.07) is 3.83. The number of carboxylic acid groups (broad SMARTS) is 1. The van der Waals surface area contributed by atoms with E-state index >= 15 is 0 Å². The molecule has 0 saturated carbocycles. The highest BCUT2D eigenvalue weighted by atomic mass is 16.6. The molecule has 1 amide bonds. The number of carbonyl (C=O) groups is 2. The van der Waals surface area contributed by atoms with Crippen LogP contribution in [0.2, 0.25) is 0 Å². The number of rotatable bonds is 10. The summed E-state index contributed by atoms with van der Waals surface area (Å²) in [7, 11) is 3.31. The number of ether oxygens (including phenoxy) is 2. The van der Waals surface area contributed by atoms with Crippen molar-refractivity contribution in [3.05, 3.63) is 34.8 Å². The van der Waals surface area contributed by atoms with Crippen molar-refractivity contribution < 1.29 is 24.2 Å². The van der Waals surface area contributed by atoms with E-state index in [2.05, 4.69) is 0 Å². The molecule has 1 aliphatic rings. The topological polar surface area (TPSA) is 144 Å². The van der Waals surface area contributed by atoms with E-state index < -0.39 is 12.1 Å². The summed E-state index contributed by atoms with van der Waals surface area (Å²) in [5.41, 5.74) is 9.71. The lowest BCUT2D eigenvalue weighted by atomic mass is 9.86. The highest BCUT2D eigenvalue weighted by Gasteiger charge is 2.27. The van der Waals surface area contributed by atoms with Crippen LogP contribution in [-0.2, 0) is 20.7 Å². The summed E-state index contributed by atoms with van der Waals surface area (Å²) in [5, 5.41) is 10.4. The number of hydrogen-bond donors (Lipinski definition) is 3. The molecule has 1 fully saturated rings. The number of hydrazine groups is 1. The van der Waals surface area contributed by atoms with Gasteiger partial charge in [-0.1, -0.05) is 19.9 Å². The van der Waals surface area contributed by atoms with Crippen molar-refractivity contribution in [1.82, 2.24) is 14.9 Å². The van der Waals surface area contributed by atoms with Crippen LogP contribution in [0.15, 0.2) is 17.8 Å². The number of aryl methyl sites for hydroxylation is 1. The largest absolute Gasteiger partial charge is 0.481 e. The zero-order valence-corrected chi connectivity index (χ0v) is 20.0. The molecule has 0 aliphatic carbocycles. The molecule has 2 rings (SSSR count). The van der Waals surface area contributed by atoms with Crippen LogP contribution in [0.25, 0.3) is 5.70 Å². The Labute approximate surface area is 195 Å². The van der Waals surface area contributed by atoms with Crippen molar-refractivity contribution in [2.75, 3.05) is 33.9 Å². The predicted molar refractivity (Wildman–Crippen MR) is 125 cm³/mol. The normalized spacial score (nSPS) is 18.9. The van der Waals surface area contributed by atoms with Gasteiger partial charge in [-0.25, -0.2) is 10.6 Å². The number of aliphatic carboxylic acids is 1. The molecule has 0 radical (unpaired) electrons. The van der Waals surface area contributed by atoms with Crippen LogP contribution in [0.3, 0.4) is 0 Å². The third-order valence-corrected chi connectivity index (χ3v) is 5.77. The number of carbonyl (C=O) groups excluding carboxylic acids is 1. The molecule has 0 bridgehead atoms. The molecule has 0 aromatic carbocycles. The standard InChI is InChI=1S/C23H37N5O5/c1-5-10-27(3)23(31)33-14-20(28(4)25)22(24)19-8-7-17(18(6-2)26-19)15-9-11-32-16(12-15)13-21(29)30/h7-8,15-16H,5-6,9-14,24-25H2,1-4H3,(H,29,30)/b22-20-. The van der Waals surface area contributed by atoms with Gasteiger partial charge in [-0.15, -0.1) is 0 Å². The summed E-state index contributed by atoms with van der Waals surface area (Å²) in [6.45, 7) is 5.04. The van der Waals surface area contributed by atoms with Gasteiger partial charge in [0.1, 0.15) is 6.61 Å². The van der Waals surface area contributed by atoms with Crippen molar-refractivity contribution in [3.8, 4) is 0 Å². The SMILES string of the molecule is CCCN(C)C(=O)OC/C(=C(/N)c1ccc(C2CCOC(CC(=O)O)C2)c(CC)n1)N(C)N. The Hall–Kier alpha value is -2.85. The van der Waals surface area contributed by atoms with E-state index in [0.29, 0.717) is 43.1 Å². The smallest absolute Gasteiger partial charge is 0.409 e.